The summed E-state index contributed by atoms with van der Waals surface area (Å²) in [5.41, 5.74) is 2.89. The number of fused-ring (bicyclic) bond motifs is 2. The molecule has 1 fully saturated rings. The van der Waals surface area contributed by atoms with Crippen molar-refractivity contribution < 1.29 is 24.9 Å². The van der Waals surface area contributed by atoms with Crippen molar-refractivity contribution in [3.8, 4) is 0 Å². The van der Waals surface area contributed by atoms with Crippen LogP contribution < -0.4 is 0 Å². The lowest BCUT2D eigenvalue weighted by molar-refractivity contribution is -0.134. The van der Waals surface area contributed by atoms with E-state index in [0.29, 0.717) is 18.2 Å². The van der Waals surface area contributed by atoms with Gasteiger partial charge < -0.3 is 15.3 Å². The van der Waals surface area contributed by atoms with Crippen LogP contribution in [0.3, 0.4) is 0 Å². The molecule has 0 radical (unpaired) electrons. The predicted molar refractivity (Wildman–Crippen MR) is 115 cm³/mol. The van der Waals surface area contributed by atoms with E-state index in [1.54, 1.807) is 0 Å². The first-order valence-corrected chi connectivity index (χ1v) is 10.7. The van der Waals surface area contributed by atoms with Crippen LogP contribution in [0.25, 0.3) is 0 Å². The van der Waals surface area contributed by atoms with Gasteiger partial charge in [-0.2, -0.15) is 0 Å². The van der Waals surface area contributed by atoms with Gasteiger partial charge in [-0.1, -0.05) is 48.2 Å². The van der Waals surface area contributed by atoms with E-state index >= 15 is 0 Å². The Morgan fingerprint density at radius 3 is 2.10 bits per heavy atom. The fourth-order valence-electron chi connectivity index (χ4n) is 3.72. The van der Waals surface area contributed by atoms with Crippen molar-refractivity contribution in [1.29, 1.82) is 0 Å². The van der Waals surface area contributed by atoms with Crippen molar-refractivity contribution in [3.05, 3.63) is 71.8 Å². The number of carbonyl (C=O) groups is 2. The van der Waals surface area contributed by atoms with Gasteiger partial charge in [0.25, 0.3) is 0 Å². The number of nitrogens with zero attached hydrogens (tertiary/aromatic N) is 1. The number of hydrogen-bond donors (Lipinski definition) is 3. The Morgan fingerprint density at radius 1 is 0.900 bits per heavy atom. The molecule has 4 rings (SSSR count). The number of carboxylic acid groups (broad SMARTS) is 2. The highest BCUT2D eigenvalue weighted by Crippen LogP contribution is 2.43. The molecule has 1 unspecified atom stereocenters. The summed E-state index contributed by atoms with van der Waals surface area (Å²) in [6.07, 6.45) is 3.86. The van der Waals surface area contributed by atoms with Crippen LogP contribution in [0, 0.1) is 0 Å². The summed E-state index contributed by atoms with van der Waals surface area (Å²) < 4.78 is 0. The number of rotatable bonds is 3. The van der Waals surface area contributed by atoms with Gasteiger partial charge in [0.15, 0.2) is 0 Å². The summed E-state index contributed by atoms with van der Waals surface area (Å²) in [7, 11) is 0. The van der Waals surface area contributed by atoms with Gasteiger partial charge in [0, 0.05) is 41.1 Å². The summed E-state index contributed by atoms with van der Waals surface area (Å²) in [5, 5.41) is 25.4. The Kier molecular flexibility index (Phi) is 7.68. The molecule has 1 saturated heterocycles. The van der Waals surface area contributed by atoms with Crippen molar-refractivity contribution in [2.45, 2.75) is 41.2 Å². The number of likely N-dealkylation sites (tertiary alicyclic amines) is 1. The normalized spacial score (nSPS) is 19.2. The van der Waals surface area contributed by atoms with E-state index in [1.165, 1.54) is 20.9 Å². The summed E-state index contributed by atoms with van der Waals surface area (Å²) in [6.45, 7) is 1.99. The number of benzene rings is 2. The van der Waals surface area contributed by atoms with E-state index in [2.05, 4.69) is 53.4 Å². The molecule has 0 bridgehead atoms. The SMILES string of the molecule is O=C(O)/C=C\C(=O)O.OC1CCN(C2Cc3ccccc3Sc3ccccc32)CC1. The molecule has 158 valence electrons. The first-order chi connectivity index (χ1) is 14.4. The molecule has 2 aliphatic heterocycles. The van der Waals surface area contributed by atoms with E-state index in [0.717, 1.165) is 32.4 Å². The first kappa shape index (κ1) is 22.1. The zero-order valence-corrected chi connectivity index (χ0v) is 17.3. The second kappa shape index (κ2) is 10.4. The smallest absolute Gasteiger partial charge is 0.328 e. The van der Waals surface area contributed by atoms with Gasteiger partial charge in [-0.05, 0) is 42.5 Å². The van der Waals surface area contributed by atoms with Crippen LogP contribution >= 0.6 is 11.8 Å². The molecule has 0 saturated carbocycles. The maximum Gasteiger partial charge on any atom is 0.328 e. The average molecular weight is 428 g/mol. The van der Waals surface area contributed by atoms with Crippen LogP contribution in [0.4, 0.5) is 0 Å². The molecule has 0 aliphatic carbocycles. The molecule has 0 spiro atoms. The number of piperidine rings is 1. The molecule has 2 aromatic rings. The predicted octanol–water partition coefficient (Wildman–Crippen LogP) is 3.60. The molecule has 30 heavy (non-hydrogen) atoms. The maximum absolute atomic E-state index is 9.80. The highest BCUT2D eigenvalue weighted by molar-refractivity contribution is 7.99. The van der Waals surface area contributed by atoms with E-state index in [-0.39, 0.29) is 6.10 Å². The molecule has 6 nitrogen and oxygen atoms in total. The van der Waals surface area contributed by atoms with Gasteiger partial charge in [0.1, 0.15) is 0 Å². The van der Waals surface area contributed by atoms with E-state index in [4.69, 9.17) is 10.2 Å². The van der Waals surface area contributed by atoms with Crippen molar-refractivity contribution in [3.63, 3.8) is 0 Å². The topological polar surface area (TPSA) is 98.1 Å². The molecule has 2 aliphatic rings. The molecule has 7 heteroatoms. The zero-order chi connectivity index (χ0) is 21.5. The fraction of sp³-hybridized carbons (Fsp3) is 0.304. The molecule has 0 aromatic heterocycles. The molecular formula is C23H25NO5S. The minimum atomic E-state index is -1.26. The van der Waals surface area contributed by atoms with Gasteiger partial charge in [-0.25, -0.2) is 9.59 Å². The fourth-order valence-corrected chi connectivity index (χ4v) is 4.86. The van der Waals surface area contributed by atoms with Crippen LogP contribution in [-0.2, 0) is 16.0 Å². The van der Waals surface area contributed by atoms with Crippen LogP contribution in [-0.4, -0.2) is 51.4 Å². The Hall–Kier alpha value is -2.61. The average Bonchev–Trinajstić information content (AvgIpc) is 2.90. The standard InChI is InChI=1S/C19H21NOS.C4H4O4/c21-15-9-11-20(12-10-15)17-13-14-5-1-3-7-18(14)22-19-8-4-2-6-16(17)19;5-3(6)1-2-4(7)8/h1-8,15,17,21H,9-13H2;1-2H,(H,5,6)(H,7,8)/b;2-1-. The third kappa shape index (κ3) is 5.95. The maximum atomic E-state index is 9.80. The van der Waals surface area contributed by atoms with Crippen molar-refractivity contribution in [1.82, 2.24) is 4.90 Å². The lowest BCUT2D eigenvalue weighted by Gasteiger charge is -2.36. The molecule has 2 aromatic carbocycles. The molecule has 1 atom stereocenters. The minimum Gasteiger partial charge on any atom is -0.478 e. The molecule has 0 amide bonds. The number of carboxylic acids is 2. The lowest BCUT2D eigenvalue weighted by Crippen LogP contribution is -2.39. The van der Waals surface area contributed by atoms with Crippen molar-refractivity contribution in [2.24, 2.45) is 0 Å². The zero-order valence-electron chi connectivity index (χ0n) is 16.5. The summed E-state index contributed by atoms with van der Waals surface area (Å²) in [5.74, 6) is -2.51. The third-order valence-electron chi connectivity index (χ3n) is 5.19. The molecule has 3 N–H and O–H groups in total. The third-order valence-corrected chi connectivity index (χ3v) is 6.40. The van der Waals surface area contributed by atoms with Crippen LogP contribution in [0.1, 0.15) is 30.0 Å². The van der Waals surface area contributed by atoms with Crippen LogP contribution in [0.15, 0.2) is 70.5 Å². The Morgan fingerprint density at radius 2 is 1.47 bits per heavy atom. The summed E-state index contributed by atoms with van der Waals surface area (Å²) >= 11 is 1.90. The van der Waals surface area contributed by atoms with Gasteiger partial charge in [0.05, 0.1) is 6.10 Å². The van der Waals surface area contributed by atoms with E-state index in [1.807, 2.05) is 11.8 Å². The monoisotopic (exact) mass is 427 g/mol. The summed E-state index contributed by atoms with van der Waals surface area (Å²) in [4.78, 5) is 24.4. The van der Waals surface area contributed by atoms with E-state index in [9.17, 15) is 14.7 Å². The van der Waals surface area contributed by atoms with Gasteiger partial charge in [-0.3, -0.25) is 4.90 Å². The van der Waals surface area contributed by atoms with Crippen molar-refractivity contribution >= 4 is 23.7 Å². The highest BCUT2D eigenvalue weighted by Gasteiger charge is 2.29. The Balaban J connectivity index is 0.000000275. The van der Waals surface area contributed by atoms with Crippen LogP contribution in [0.2, 0.25) is 0 Å². The number of aliphatic hydroxyl groups excluding tert-OH is 1. The Labute approximate surface area is 179 Å². The minimum absolute atomic E-state index is 0.112. The second-order valence-electron chi connectivity index (χ2n) is 7.24. The lowest BCUT2D eigenvalue weighted by atomic mass is 9.95. The van der Waals surface area contributed by atoms with E-state index < -0.39 is 11.9 Å². The van der Waals surface area contributed by atoms with Crippen molar-refractivity contribution in [2.75, 3.05) is 13.1 Å². The number of aliphatic carboxylic acids is 2. The second-order valence-corrected chi connectivity index (χ2v) is 8.33. The van der Waals surface area contributed by atoms with Crippen LogP contribution in [0.5, 0.6) is 0 Å². The quantitative estimate of drug-likeness (QED) is 0.644. The molecule has 2 heterocycles. The largest absolute Gasteiger partial charge is 0.478 e. The number of hydrogen-bond acceptors (Lipinski definition) is 5. The molecular weight excluding hydrogens is 402 g/mol. The summed E-state index contributed by atoms with van der Waals surface area (Å²) in [6, 6.07) is 18.0. The van der Waals surface area contributed by atoms with Gasteiger partial charge >= 0.3 is 11.9 Å². The number of aliphatic hydroxyl groups is 1. The highest BCUT2D eigenvalue weighted by atomic mass is 32.2. The van der Waals surface area contributed by atoms with Gasteiger partial charge in [-0.15, -0.1) is 0 Å². The first-order valence-electron chi connectivity index (χ1n) is 9.84. The Bertz CT molecular complexity index is 905. The van der Waals surface area contributed by atoms with Gasteiger partial charge in [0.2, 0.25) is 0 Å².